The summed E-state index contributed by atoms with van der Waals surface area (Å²) < 4.78 is 0. The standard InChI is InChI=1S/C21H33N3O/c1-18-7-6-8-19(2)24(18)21(25)17-23-15-13-22(14-16-23)12-11-20-9-4-3-5-10-20/h3-5,9-10,18-19H,6-8,11-17H2,1-2H3. The number of amides is 1. The maximum Gasteiger partial charge on any atom is 0.237 e. The van der Waals surface area contributed by atoms with Gasteiger partial charge < -0.3 is 9.80 Å². The van der Waals surface area contributed by atoms with Gasteiger partial charge in [-0.3, -0.25) is 9.69 Å². The number of nitrogens with zero attached hydrogens (tertiary/aromatic N) is 3. The monoisotopic (exact) mass is 343 g/mol. The molecule has 0 aliphatic carbocycles. The Morgan fingerprint density at radius 3 is 2.20 bits per heavy atom. The van der Waals surface area contributed by atoms with Crippen molar-refractivity contribution in [3.63, 3.8) is 0 Å². The van der Waals surface area contributed by atoms with Gasteiger partial charge in [0.05, 0.1) is 6.54 Å². The molecule has 2 saturated heterocycles. The number of carbonyl (C=O) groups excluding carboxylic acids is 1. The van der Waals surface area contributed by atoms with Gasteiger partial charge in [-0.15, -0.1) is 0 Å². The highest BCUT2D eigenvalue weighted by molar-refractivity contribution is 5.79. The summed E-state index contributed by atoms with van der Waals surface area (Å²) in [5.74, 6) is 0.331. The Balaban J connectivity index is 1.41. The lowest BCUT2D eigenvalue weighted by atomic mass is 9.97. The first-order valence-corrected chi connectivity index (χ1v) is 9.93. The van der Waals surface area contributed by atoms with Gasteiger partial charge in [0.15, 0.2) is 0 Å². The Kier molecular flexibility index (Phi) is 6.49. The highest BCUT2D eigenvalue weighted by Crippen LogP contribution is 2.22. The number of rotatable bonds is 5. The average molecular weight is 344 g/mol. The van der Waals surface area contributed by atoms with Crippen LogP contribution >= 0.6 is 0 Å². The van der Waals surface area contributed by atoms with Crippen molar-refractivity contribution in [1.82, 2.24) is 14.7 Å². The molecule has 0 spiro atoms. The van der Waals surface area contributed by atoms with Crippen LogP contribution in [0, 0.1) is 0 Å². The minimum absolute atomic E-state index is 0.331. The van der Waals surface area contributed by atoms with Crippen LogP contribution in [0.2, 0.25) is 0 Å². The van der Waals surface area contributed by atoms with Crippen molar-refractivity contribution in [3.8, 4) is 0 Å². The quantitative estimate of drug-likeness (QED) is 0.822. The van der Waals surface area contributed by atoms with E-state index in [2.05, 4.69) is 58.9 Å². The molecule has 25 heavy (non-hydrogen) atoms. The third-order valence-corrected chi connectivity index (χ3v) is 5.86. The molecule has 1 amide bonds. The molecule has 0 N–H and O–H groups in total. The van der Waals surface area contributed by atoms with Crippen LogP contribution in [0.1, 0.15) is 38.7 Å². The number of hydrogen-bond acceptors (Lipinski definition) is 3. The van der Waals surface area contributed by atoms with Crippen LogP contribution in [0.15, 0.2) is 30.3 Å². The second kappa shape index (κ2) is 8.81. The highest BCUT2D eigenvalue weighted by atomic mass is 16.2. The fraction of sp³-hybridized carbons (Fsp3) is 0.667. The van der Waals surface area contributed by atoms with Crippen LogP contribution < -0.4 is 0 Å². The maximum atomic E-state index is 12.8. The molecule has 0 radical (unpaired) electrons. The number of likely N-dealkylation sites (tertiary alicyclic amines) is 1. The Morgan fingerprint density at radius 1 is 0.960 bits per heavy atom. The molecule has 4 nitrogen and oxygen atoms in total. The van der Waals surface area contributed by atoms with Crippen molar-refractivity contribution in [3.05, 3.63) is 35.9 Å². The molecule has 0 bridgehead atoms. The van der Waals surface area contributed by atoms with E-state index in [1.807, 2.05) is 0 Å². The predicted octanol–water partition coefficient (Wildman–Crippen LogP) is 2.64. The Hall–Kier alpha value is -1.39. The lowest BCUT2D eigenvalue weighted by Crippen LogP contribution is -2.54. The first-order chi connectivity index (χ1) is 12.1. The van der Waals surface area contributed by atoms with Crippen molar-refractivity contribution in [2.75, 3.05) is 39.3 Å². The topological polar surface area (TPSA) is 26.8 Å². The summed E-state index contributed by atoms with van der Waals surface area (Å²) >= 11 is 0. The molecule has 0 aromatic heterocycles. The SMILES string of the molecule is CC1CCCC(C)N1C(=O)CN1CCN(CCc2ccccc2)CC1. The minimum Gasteiger partial charge on any atom is -0.336 e. The molecular weight excluding hydrogens is 310 g/mol. The molecule has 2 fully saturated rings. The highest BCUT2D eigenvalue weighted by Gasteiger charge is 2.30. The molecule has 4 heteroatoms. The zero-order valence-corrected chi connectivity index (χ0v) is 15.9. The van der Waals surface area contributed by atoms with Crippen LogP contribution in [0.3, 0.4) is 0 Å². The van der Waals surface area contributed by atoms with Gasteiger partial charge >= 0.3 is 0 Å². The molecule has 2 atom stereocenters. The third-order valence-electron chi connectivity index (χ3n) is 5.86. The van der Waals surface area contributed by atoms with E-state index in [0.29, 0.717) is 24.5 Å². The van der Waals surface area contributed by atoms with E-state index in [0.717, 1.165) is 52.0 Å². The second-order valence-electron chi connectivity index (χ2n) is 7.78. The summed E-state index contributed by atoms with van der Waals surface area (Å²) in [6.45, 7) is 10.3. The van der Waals surface area contributed by atoms with Crippen LogP contribution in [0.25, 0.3) is 0 Å². The number of hydrogen-bond donors (Lipinski definition) is 0. The van der Waals surface area contributed by atoms with Crippen molar-refractivity contribution in [2.24, 2.45) is 0 Å². The largest absolute Gasteiger partial charge is 0.336 e. The van der Waals surface area contributed by atoms with Crippen molar-refractivity contribution >= 4 is 5.91 Å². The summed E-state index contributed by atoms with van der Waals surface area (Å²) in [4.78, 5) is 19.8. The fourth-order valence-corrected chi connectivity index (χ4v) is 4.29. The summed E-state index contributed by atoms with van der Waals surface area (Å²) in [5.41, 5.74) is 1.41. The van der Waals surface area contributed by atoms with Gasteiger partial charge in [0.1, 0.15) is 0 Å². The molecule has 3 rings (SSSR count). The van der Waals surface area contributed by atoms with Gasteiger partial charge in [-0.05, 0) is 45.1 Å². The first kappa shape index (κ1) is 18.4. The summed E-state index contributed by atoms with van der Waals surface area (Å²) in [5, 5.41) is 0. The number of benzene rings is 1. The van der Waals surface area contributed by atoms with Gasteiger partial charge in [-0.1, -0.05) is 30.3 Å². The van der Waals surface area contributed by atoms with Gasteiger partial charge in [-0.2, -0.15) is 0 Å². The van der Waals surface area contributed by atoms with Gasteiger partial charge in [0, 0.05) is 44.8 Å². The summed E-state index contributed by atoms with van der Waals surface area (Å²) in [7, 11) is 0. The van der Waals surface area contributed by atoms with E-state index < -0.39 is 0 Å². The molecule has 2 unspecified atom stereocenters. The van der Waals surface area contributed by atoms with E-state index in [4.69, 9.17) is 0 Å². The minimum atomic E-state index is 0.331. The fourth-order valence-electron chi connectivity index (χ4n) is 4.29. The molecule has 138 valence electrons. The predicted molar refractivity (Wildman–Crippen MR) is 103 cm³/mol. The first-order valence-electron chi connectivity index (χ1n) is 9.93. The molecule has 2 aliphatic heterocycles. The van der Waals surface area contributed by atoms with E-state index in [1.54, 1.807) is 0 Å². The van der Waals surface area contributed by atoms with Crippen LogP contribution in [0.5, 0.6) is 0 Å². The lowest BCUT2D eigenvalue weighted by molar-refractivity contribution is -0.138. The Morgan fingerprint density at radius 2 is 1.56 bits per heavy atom. The van der Waals surface area contributed by atoms with Crippen molar-refractivity contribution < 1.29 is 4.79 Å². The van der Waals surface area contributed by atoms with Crippen LogP contribution in [-0.4, -0.2) is 72.0 Å². The van der Waals surface area contributed by atoms with E-state index in [-0.39, 0.29) is 0 Å². The summed E-state index contributed by atoms with van der Waals surface area (Å²) in [6.07, 6.45) is 4.68. The Bertz CT molecular complexity index is 529. The maximum absolute atomic E-state index is 12.8. The molecule has 1 aromatic rings. The number of piperidine rings is 1. The zero-order chi connectivity index (χ0) is 17.6. The van der Waals surface area contributed by atoms with Crippen LogP contribution in [-0.2, 0) is 11.2 Å². The molecule has 2 aliphatic rings. The van der Waals surface area contributed by atoms with E-state index >= 15 is 0 Å². The average Bonchev–Trinajstić information content (AvgIpc) is 2.62. The lowest BCUT2D eigenvalue weighted by Gasteiger charge is -2.41. The van der Waals surface area contributed by atoms with Gasteiger partial charge in [0.2, 0.25) is 5.91 Å². The van der Waals surface area contributed by atoms with Gasteiger partial charge in [-0.25, -0.2) is 0 Å². The third kappa shape index (κ3) is 5.05. The van der Waals surface area contributed by atoms with E-state index in [1.165, 1.54) is 12.0 Å². The normalized spacial score (nSPS) is 25.9. The van der Waals surface area contributed by atoms with E-state index in [9.17, 15) is 4.79 Å². The van der Waals surface area contributed by atoms with Crippen LogP contribution in [0.4, 0.5) is 0 Å². The molecular formula is C21H33N3O. The second-order valence-corrected chi connectivity index (χ2v) is 7.78. The molecule has 2 heterocycles. The molecule has 1 aromatic carbocycles. The van der Waals surface area contributed by atoms with Crippen molar-refractivity contribution in [2.45, 2.75) is 51.6 Å². The number of piperazine rings is 1. The summed E-state index contributed by atoms with van der Waals surface area (Å²) in [6, 6.07) is 11.5. The van der Waals surface area contributed by atoms with Crippen molar-refractivity contribution in [1.29, 1.82) is 0 Å². The zero-order valence-electron chi connectivity index (χ0n) is 15.9. The Labute approximate surface area is 152 Å². The molecule has 0 saturated carbocycles. The van der Waals surface area contributed by atoms with Gasteiger partial charge in [0.25, 0.3) is 0 Å². The smallest absolute Gasteiger partial charge is 0.237 e. The number of carbonyl (C=O) groups is 1.